The van der Waals surface area contributed by atoms with E-state index in [9.17, 15) is 72.3 Å². The molecule has 20 nitrogen and oxygen atoms in total. The van der Waals surface area contributed by atoms with Crippen LogP contribution in [0.25, 0.3) is 0 Å². The Bertz CT molecular complexity index is 1930. The average molecular weight is 984 g/mol. The van der Waals surface area contributed by atoms with Crippen molar-refractivity contribution in [3.05, 3.63) is 0 Å². The number of esters is 4. The number of hydrogen-bond acceptors (Lipinski definition) is 19. The number of alkyl halides is 6. The summed E-state index contributed by atoms with van der Waals surface area (Å²) in [5, 5.41) is 13.3. The molecule has 64 heavy (non-hydrogen) atoms. The normalized spacial score (nSPS) is 27.8. The lowest BCUT2D eigenvalue weighted by Gasteiger charge is -2.49. The Morgan fingerprint density at radius 3 is 1.27 bits per heavy atom. The molecule has 2 saturated heterocycles. The van der Waals surface area contributed by atoms with Crippen molar-refractivity contribution in [3.63, 3.8) is 0 Å². The molecule has 0 spiro atoms. The van der Waals surface area contributed by atoms with Gasteiger partial charge in [0.2, 0.25) is 5.91 Å². The van der Waals surface area contributed by atoms with E-state index < -0.39 is 157 Å². The highest BCUT2D eigenvalue weighted by molar-refractivity contribution is 7.87. The minimum Gasteiger partial charge on any atom is -0.462 e. The predicted molar refractivity (Wildman–Crippen MR) is 201 cm³/mol. The Morgan fingerprint density at radius 1 is 0.547 bits per heavy atom. The highest BCUT2D eigenvalue weighted by Gasteiger charge is 2.62. The second kappa shape index (κ2) is 19.8. The van der Waals surface area contributed by atoms with Gasteiger partial charge < -0.3 is 43.6 Å². The number of rotatable bonds is 13. The maximum atomic E-state index is 14.1. The molecule has 0 aliphatic carbocycles. The van der Waals surface area contributed by atoms with Crippen LogP contribution in [0.4, 0.5) is 26.3 Å². The molecule has 0 aromatic heterocycles. The molecule has 0 saturated carbocycles. The third-order valence-electron chi connectivity index (χ3n) is 8.65. The predicted octanol–water partition coefficient (Wildman–Crippen LogP) is 2.88. The van der Waals surface area contributed by atoms with Crippen LogP contribution < -0.4 is 5.32 Å². The monoisotopic (exact) mass is 983 g/mol. The molecule has 0 radical (unpaired) electrons. The molecule has 28 heteroatoms. The molecule has 2 fully saturated rings. The SMILES string of the molecule is CC(=O)N[C@@H]1[C@@H](OC(=O)C(C)(C)C)[C@H](O[C@@H]2O[C@H](COC(=O)C(C)(C)C)[C@H](OS(=O)(=O)C(F)(F)F)[C@H](OC(=O)C(C)(C)C)[C@H]2OS(=O)(=O)C(F)(F)F)[C@@H](COC(=O)C(C)(C)C)O[C@H]1O. The summed E-state index contributed by atoms with van der Waals surface area (Å²) in [6.45, 7) is 14.0. The van der Waals surface area contributed by atoms with E-state index in [0.29, 0.717) is 0 Å². The summed E-state index contributed by atoms with van der Waals surface area (Å²) in [5.41, 5.74) is -18.6. The van der Waals surface area contributed by atoms with Gasteiger partial charge in [0.1, 0.15) is 43.7 Å². The number of ether oxygens (including phenoxy) is 7. The molecule has 0 aromatic rings. The minimum absolute atomic E-state index is 0.922. The number of hydrogen-bond donors (Lipinski definition) is 2. The first-order valence-electron chi connectivity index (χ1n) is 19.1. The number of amides is 1. The number of carbonyl (C=O) groups is 5. The standard InChI is InChI=1S/C36H55F6NO19S2/c1-16(44)43-19-22(59-29(48)33(8,9)10)20(17(56-25(19)45)14-54-27(46)31(2,3)4)58-26-24(62-64(52,53)36(40,41)42)23(60-30(49)34(11,12)13)21(61-63(50,51)35(37,38)39)18(57-26)15-55-28(47)32(5,6)7/h17-26,45H,14-15H2,1-13H3,(H,43,44)/t17-,18-,19-,20-,21+,22-,23+,24-,25-,26+/m1/s1. The van der Waals surface area contributed by atoms with Gasteiger partial charge in [-0.25, -0.2) is 0 Å². The highest BCUT2D eigenvalue weighted by atomic mass is 32.2. The third kappa shape index (κ3) is 14.8. The van der Waals surface area contributed by atoms with E-state index in [4.69, 9.17) is 33.2 Å². The van der Waals surface area contributed by atoms with Gasteiger partial charge in [-0.15, -0.1) is 0 Å². The van der Waals surface area contributed by atoms with Crippen molar-refractivity contribution in [2.75, 3.05) is 13.2 Å². The van der Waals surface area contributed by atoms with Crippen molar-refractivity contribution in [1.29, 1.82) is 0 Å². The second-order valence-corrected chi connectivity index (χ2v) is 21.9. The van der Waals surface area contributed by atoms with Crippen LogP contribution >= 0.6 is 0 Å². The average Bonchev–Trinajstić information content (AvgIpc) is 3.08. The molecular weight excluding hydrogens is 929 g/mol. The lowest BCUT2D eigenvalue weighted by molar-refractivity contribution is -0.342. The van der Waals surface area contributed by atoms with Crippen molar-refractivity contribution < 1.29 is 114 Å². The van der Waals surface area contributed by atoms with Gasteiger partial charge >= 0.3 is 55.1 Å². The summed E-state index contributed by atoms with van der Waals surface area (Å²) in [5.74, 6) is -5.74. The zero-order chi connectivity index (χ0) is 50.1. The van der Waals surface area contributed by atoms with E-state index in [1.54, 1.807) is 0 Å². The lowest BCUT2D eigenvalue weighted by Crippen LogP contribution is -2.69. The molecule has 0 aromatic carbocycles. The largest absolute Gasteiger partial charge is 0.523 e. The van der Waals surface area contributed by atoms with Gasteiger partial charge in [-0.1, -0.05) is 0 Å². The summed E-state index contributed by atoms with van der Waals surface area (Å²) < 4.78 is 182. The van der Waals surface area contributed by atoms with Crippen molar-refractivity contribution >= 4 is 50.0 Å². The lowest BCUT2D eigenvalue weighted by atomic mass is 9.93. The van der Waals surface area contributed by atoms with E-state index in [-0.39, 0.29) is 0 Å². The Kier molecular flexibility index (Phi) is 17.6. The van der Waals surface area contributed by atoms with Crippen molar-refractivity contribution in [2.45, 2.75) is 162 Å². The van der Waals surface area contributed by atoms with Crippen LogP contribution in [0.15, 0.2) is 0 Å². The first-order chi connectivity index (χ1) is 28.4. The molecular formula is C36H55F6NO19S2. The van der Waals surface area contributed by atoms with Crippen LogP contribution in [0.3, 0.4) is 0 Å². The molecule has 2 rings (SSSR count). The molecule has 372 valence electrons. The fraction of sp³-hybridized carbons (Fsp3) is 0.861. The minimum atomic E-state index is -7.02. The Hall–Kier alpha value is -3.41. The maximum absolute atomic E-state index is 14.1. The topological polar surface area (TPSA) is 269 Å². The van der Waals surface area contributed by atoms with Gasteiger partial charge in [0.15, 0.2) is 30.9 Å². The van der Waals surface area contributed by atoms with Crippen LogP contribution in [0.2, 0.25) is 0 Å². The van der Waals surface area contributed by atoms with Gasteiger partial charge in [-0.2, -0.15) is 43.2 Å². The zero-order valence-electron chi connectivity index (χ0n) is 37.1. The number of carbonyl (C=O) groups excluding carboxylic acids is 5. The van der Waals surface area contributed by atoms with E-state index >= 15 is 0 Å². The Labute approximate surface area is 365 Å². The molecule has 2 aliphatic heterocycles. The first-order valence-corrected chi connectivity index (χ1v) is 21.9. The Balaban J connectivity index is 3.14. The molecule has 0 unspecified atom stereocenters. The van der Waals surface area contributed by atoms with Crippen LogP contribution in [0.1, 0.15) is 90.0 Å². The zero-order valence-corrected chi connectivity index (χ0v) is 38.7. The molecule has 10 atom stereocenters. The number of aliphatic hydroxyl groups is 1. The number of aliphatic hydroxyl groups excluding tert-OH is 1. The summed E-state index contributed by atoms with van der Waals surface area (Å²) >= 11 is 0. The van der Waals surface area contributed by atoms with Gasteiger partial charge in [0.05, 0.1) is 21.7 Å². The van der Waals surface area contributed by atoms with Gasteiger partial charge in [0, 0.05) is 6.92 Å². The molecule has 1 amide bonds. The summed E-state index contributed by atoms with van der Waals surface area (Å²) in [7, 11) is -13.9. The van der Waals surface area contributed by atoms with Crippen molar-refractivity contribution in [1.82, 2.24) is 5.32 Å². The van der Waals surface area contributed by atoms with Crippen LogP contribution in [0, 0.1) is 21.7 Å². The van der Waals surface area contributed by atoms with Crippen LogP contribution in [-0.4, -0.2) is 137 Å². The fourth-order valence-corrected chi connectivity index (χ4v) is 6.37. The molecule has 2 heterocycles. The van der Waals surface area contributed by atoms with Crippen molar-refractivity contribution in [3.8, 4) is 0 Å². The quantitative estimate of drug-likeness (QED) is 0.0883. The fourth-order valence-electron chi connectivity index (χ4n) is 5.13. The smallest absolute Gasteiger partial charge is 0.462 e. The third-order valence-corrected chi connectivity index (χ3v) is 10.7. The van der Waals surface area contributed by atoms with Gasteiger partial charge in [0.25, 0.3) is 0 Å². The number of nitrogens with one attached hydrogen (secondary N) is 1. The van der Waals surface area contributed by atoms with E-state index in [1.807, 2.05) is 0 Å². The van der Waals surface area contributed by atoms with Crippen molar-refractivity contribution in [2.24, 2.45) is 21.7 Å². The number of halogens is 6. The molecule has 2 aliphatic rings. The van der Waals surface area contributed by atoms with Gasteiger partial charge in [-0.05, 0) is 83.1 Å². The van der Waals surface area contributed by atoms with Crippen LogP contribution in [0.5, 0.6) is 0 Å². The summed E-state index contributed by atoms with van der Waals surface area (Å²) in [4.78, 5) is 65.1. The highest BCUT2D eigenvalue weighted by Crippen LogP contribution is 2.40. The van der Waals surface area contributed by atoms with E-state index in [2.05, 4.69) is 13.7 Å². The summed E-state index contributed by atoms with van der Waals surface area (Å²) in [6.07, 6.45) is -23.5. The summed E-state index contributed by atoms with van der Waals surface area (Å²) in [6, 6.07) is -1.91. The maximum Gasteiger partial charge on any atom is 0.523 e. The Morgan fingerprint density at radius 2 is 0.906 bits per heavy atom. The second-order valence-electron chi connectivity index (χ2n) is 18.8. The van der Waals surface area contributed by atoms with Gasteiger partial charge in [-0.3, -0.25) is 32.3 Å². The molecule has 2 N–H and O–H groups in total. The van der Waals surface area contributed by atoms with E-state index in [0.717, 1.165) is 27.7 Å². The van der Waals surface area contributed by atoms with E-state index in [1.165, 1.54) is 62.3 Å². The van der Waals surface area contributed by atoms with Crippen LogP contribution in [-0.2, 0) is 85.7 Å². The first kappa shape index (κ1) is 56.7. The molecule has 0 bridgehead atoms.